The van der Waals surface area contributed by atoms with Crippen LogP contribution in [0.15, 0.2) is 48.5 Å². The van der Waals surface area contributed by atoms with Gasteiger partial charge in [-0.25, -0.2) is 8.78 Å². The molecule has 3 atom stereocenters. The van der Waals surface area contributed by atoms with E-state index >= 15 is 0 Å². The van der Waals surface area contributed by atoms with E-state index in [0.29, 0.717) is 24.2 Å². The van der Waals surface area contributed by atoms with Crippen molar-refractivity contribution in [2.45, 2.75) is 43.4 Å². The Morgan fingerprint density at radius 2 is 1.89 bits per heavy atom. The van der Waals surface area contributed by atoms with Crippen LogP contribution in [0.4, 0.5) is 8.78 Å². The summed E-state index contributed by atoms with van der Waals surface area (Å²) in [7, 11) is 0. The molecular weight excluding hydrogens is 466 g/mol. The Morgan fingerprint density at radius 1 is 1.11 bits per heavy atom. The zero-order valence-electron chi connectivity index (χ0n) is 20.0. The second-order valence-corrected chi connectivity index (χ2v) is 9.79. The van der Waals surface area contributed by atoms with Crippen molar-refractivity contribution in [2.75, 3.05) is 32.7 Å². The zero-order chi connectivity index (χ0) is 25.2. The molecule has 1 aliphatic carbocycles. The second-order valence-electron chi connectivity index (χ2n) is 9.79. The highest BCUT2D eigenvalue weighted by molar-refractivity contribution is 5.91. The quantitative estimate of drug-likeness (QED) is 0.617. The molecule has 5 rings (SSSR count). The number of rotatable bonds is 7. The molecule has 2 heterocycles. The molecule has 3 amide bonds. The van der Waals surface area contributed by atoms with Gasteiger partial charge in [-0.15, -0.1) is 0 Å². The zero-order valence-corrected chi connectivity index (χ0v) is 20.0. The maximum Gasteiger partial charge on any atom is 0.243 e. The smallest absolute Gasteiger partial charge is 0.243 e. The third-order valence-corrected chi connectivity index (χ3v) is 7.18. The van der Waals surface area contributed by atoms with Gasteiger partial charge in [0.1, 0.15) is 18.0 Å². The molecule has 0 bridgehead atoms. The van der Waals surface area contributed by atoms with Crippen molar-refractivity contribution in [3.63, 3.8) is 0 Å². The van der Waals surface area contributed by atoms with E-state index in [9.17, 15) is 23.2 Å². The third-order valence-electron chi connectivity index (χ3n) is 7.18. The lowest BCUT2D eigenvalue weighted by atomic mass is 9.96. The number of carbonyl (C=O) groups is 3. The first-order valence-electron chi connectivity index (χ1n) is 12.5. The van der Waals surface area contributed by atoms with E-state index in [1.165, 1.54) is 15.9 Å². The number of carbonyl (C=O) groups excluding carboxylic acids is 3. The Kier molecular flexibility index (Phi) is 7.00. The molecule has 2 saturated heterocycles. The monoisotopic (exact) mass is 496 g/mol. The van der Waals surface area contributed by atoms with Gasteiger partial charge >= 0.3 is 0 Å². The minimum Gasteiger partial charge on any atom is -0.343 e. The number of amides is 3. The minimum absolute atomic E-state index is 0.121. The van der Waals surface area contributed by atoms with Crippen molar-refractivity contribution < 1.29 is 23.2 Å². The molecule has 2 N–H and O–H groups in total. The van der Waals surface area contributed by atoms with E-state index in [1.807, 2.05) is 36.4 Å². The molecule has 2 aromatic rings. The first-order valence-corrected chi connectivity index (χ1v) is 12.5. The maximum atomic E-state index is 14.9. The van der Waals surface area contributed by atoms with Gasteiger partial charge in [0, 0.05) is 19.5 Å². The van der Waals surface area contributed by atoms with Crippen LogP contribution in [-0.2, 0) is 14.4 Å². The van der Waals surface area contributed by atoms with E-state index in [4.69, 9.17) is 0 Å². The number of halogens is 2. The number of benzene rings is 2. The predicted molar refractivity (Wildman–Crippen MR) is 129 cm³/mol. The van der Waals surface area contributed by atoms with E-state index in [2.05, 4.69) is 10.6 Å². The largest absolute Gasteiger partial charge is 0.343 e. The van der Waals surface area contributed by atoms with Crippen LogP contribution in [0.3, 0.4) is 0 Å². The summed E-state index contributed by atoms with van der Waals surface area (Å²) in [6, 6.07) is 12.6. The number of piperazine rings is 1. The van der Waals surface area contributed by atoms with Crippen LogP contribution < -0.4 is 10.6 Å². The summed E-state index contributed by atoms with van der Waals surface area (Å²) in [6.45, 7) is 0.721. The molecular formula is C27H30F2N4O3. The molecule has 1 unspecified atom stereocenters. The predicted octanol–water partition coefficient (Wildman–Crippen LogP) is 2.28. The standard InChI is InChI=1S/C27H30F2N4O3/c28-20-13-23(33(15-20)25(35)16-32-11-10-30-14-24(32)34)27(36)31-26(18-4-2-1-3-5-18)19-8-9-21(17-6-7-17)22(29)12-19/h1-5,8-9,12,17,20,23,26,30H,6-7,10-11,13-16H2,(H,31,36)/t20-,23?,26+/m1/s1. The summed E-state index contributed by atoms with van der Waals surface area (Å²) in [5.74, 6) is -1.21. The van der Waals surface area contributed by atoms with Gasteiger partial charge in [0.2, 0.25) is 17.7 Å². The molecule has 0 radical (unpaired) electrons. The van der Waals surface area contributed by atoms with Crippen LogP contribution in [0.1, 0.15) is 47.9 Å². The van der Waals surface area contributed by atoms with Crippen LogP contribution in [0.5, 0.6) is 0 Å². The van der Waals surface area contributed by atoms with Gasteiger partial charge in [0.05, 0.1) is 25.7 Å². The second kappa shape index (κ2) is 10.3. The van der Waals surface area contributed by atoms with Crippen molar-refractivity contribution in [3.8, 4) is 0 Å². The molecule has 3 fully saturated rings. The highest BCUT2D eigenvalue weighted by Gasteiger charge is 2.41. The van der Waals surface area contributed by atoms with Crippen molar-refractivity contribution in [1.29, 1.82) is 0 Å². The average Bonchev–Trinajstić information content (AvgIpc) is 3.64. The summed E-state index contributed by atoms with van der Waals surface area (Å²) in [6.07, 6.45) is 0.493. The molecule has 0 aromatic heterocycles. The Bertz CT molecular complexity index is 1140. The van der Waals surface area contributed by atoms with Crippen LogP contribution >= 0.6 is 0 Å². The maximum absolute atomic E-state index is 14.9. The first-order chi connectivity index (χ1) is 17.4. The van der Waals surface area contributed by atoms with Crippen LogP contribution in [0, 0.1) is 5.82 Å². The molecule has 36 heavy (non-hydrogen) atoms. The summed E-state index contributed by atoms with van der Waals surface area (Å²) in [5.41, 5.74) is 2.02. The fourth-order valence-corrected chi connectivity index (χ4v) is 5.07. The first kappa shape index (κ1) is 24.4. The summed E-state index contributed by atoms with van der Waals surface area (Å²) in [4.78, 5) is 41.2. The molecule has 3 aliphatic rings. The van der Waals surface area contributed by atoms with E-state index in [1.54, 1.807) is 6.07 Å². The molecule has 190 valence electrons. The number of nitrogens with one attached hydrogen (secondary N) is 2. The van der Waals surface area contributed by atoms with Gasteiger partial charge in [-0.2, -0.15) is 0 Å². The Hall–Kier alpha value is -3.33. The molecule has 9 heteroatoms. The van der Waals surface area contributed by atoms with Crippen molar-refractivity contribution in [1.82, 2.24) is 20.4 Å². The van der Waals surface area contributed by atoms with Crippen LogP contribution in [0.2, 0.25) is 0 Å². The third kappa shape index (κ3) is 5.26. The van der Waals surface area contributed by atoms with Gasteiger partial charge in [-0.1, -0.05) is 42.5 Å². The summed E-state index contributed by atoms with van der Waals surface area (Å²) < 4.78 is 29.3. The van der Waals surface area contributed by atoms with Gasteiger partial charge in [0.15, 0.2) is 0 Å². The van der Waals surface area contributed by atoms with Crippen molar-refractivity contribution >= 4 is 17.7 Å². The van der Waals surface area contributed by atoms with Crippen molar-refractivity contribution in [3.05, 3.63) is 71.0 Å². The number of hydrogen-bond donors (Lipinski definition) is 2. The number of hydrogen-bond acceptors (Lipinski definition) is 4. The van der Waals surface area contributed by atoms with E-state index in [-0.39, 0.29) is 43.7 Å². The van der Waals surface area contributed by atoms with Crippen LogP contribution in [0.25, 0.3) is 0 Å². The Morgan fingerprint density at radius 3 is 2.58 bits per heavy atom. The molecule has 0 spiro atoms. The fourth-order valence-electron chi connectivity index (χ4n) is 5.07. The molecule has 7 nitrogen and oxygen atoms in total. The average molecular weight is 497 g/mol. The lowest BCUT2D eigenvalue weighted by Crippen LogP contribution is -2.54. The minimum atomic E-state index is -1.34. The molecule has 2 aromatic carbocycles. The lowest BCUT2D eigenvalue weighted by Gasteiger charge is -2.31. The summed E-state index contributed by atoms with van der Waals surface area (Å²) in [5, 5.41) is 5.89. The highest BCUT2D eigenvalue weighted by atomic mass is 19.1. The number of likely N-dealkylation sites (tertiary alicyclic amines) is 1. The number of nitrogens with zero attached hydrogens (tertiary/aromatic N) is 2. The summed E-state index contributed by atoms with van der Waals surface area (Å²) >= 11 is 0. The van der Waals surface area contributed by atoms with Gasteiger partial charge in [-0.05, 0) is 41.5 Å². The van der Waals surface area contributed by atoms with E-state index in [0.717, 1.165) is 18.4 Å². The Balaban J connectivity index is 1.35. The van der Waals surface area contributed by atoms with Crippen LogP contribution in [-0.4, -0.2) is 72.5 Å². The highest BCUT2D eigenvalue weighted by Crippen LogP contribution is 2.42. The van der Waals surface area contributed by atoms with Gasteiger partial charge in [-0.3, -0.25) is 14.4 Å². The normalized spacial score (nSPS) is 23.0. The lowest BCUT2D eigenvalue weighted by molar-refractivity contribution is -0.144. The number of alkyl halides is 1. The van der Waals surface area contributed by atoms with Gasteiger partial charge < -0.3 is 20.4 Å². The fraction of sp³-hybridized carbons (Fsp3) is 0.444. The Labute approximate surface area is 208 Å². The SMILES string of the molecule is O=C(N[C@@H](c1ccccc1)c1ccc(C2CC2)c(F)c1)C1C[C@@H](F)CN1C(=O)CN1CCNCC1=O. The van der Waals surface area contributed by atoms with Gasteiger partial charge in [0.25, 0.3) is 0 Å². The molecule has 2 aliphatic heterocycles. The molecule has 1 saturated carbocycles. The van der Waals surface area contributed by atoms with E-state index < -0.39 is 30.1 Å². The topological polar surface area (TPSA) is 81.8 Å². The van der Waals surface area contributed by atoms with Crippen molar-refractivity contribution in [2.24, 2.45) is 0 Å².